The maximum absolute atomic E-state index is 14.2. The van der Waals surface area contributed by atoms with Crippen LogP contribution in [0.25, 0.3) is 11.3 Å². The molecule has 1 aromatic heterocycles. The minimum atomic E-state index is -2.59. The molecular formula is C29H35F2N5O3. The average molecular weight is 540 g/mol. The maximum atomic E-state index is 14.2. The Kier molecular flexibility index (Phi) is 7.48. The average Bonchev–Trinajstić information content (AvgIpc) is 3.36. The Hall–Kier alpha value is -3.66. The van der Waals surface area contributed by atoms with Gasteiger partial charge >= 0.3 is 0 Å². The van der Waals surface area contributed by atoms with Crippen molar-refractivity contribution in [1.82, 2.24) is 20.0 Å². The molecule has 0 spiro atoms. The number of rotatable bonds is 6. The zero-order chi connectivity index (χ0) is 27.8. The number of aromatic nitrogens is 2. The lowest BCUT2D eigenvalue weighted by Gasteiger charge is -2.37. The van der Waals surface area contributed by atoms with Crippen molar-refractivity contribution in [3.05, 3.63) is 59.2 Å². The molecule has 1 amide bonds. The summed E-state index contributed by atoms with van der Waals surface area (Å²) in [5.41, 5.74) is 3.67. The van der Waals surface area contributed by atoms with E-state index in [1.54, 1.807) is 32.4 Å². The first-order valence-corrected chi connectivity index (χ1v) is 13.2. The highest BCUT2D eigenvalue weighted by Crippen LogP contribution is 2.41. The highest BCUT2D eigenvalue weighted by Gasteiger charge is 2.35. The van der Waals surface area contributed by atoms with Gasteiger partial charge in [-0.3, -0.25) is 4.79 Å². The molecule has 1 saturated heterocycles. The van der Waals surface area contributed by atoms with Crippen molar-refractivity contribution in [2.75, 3.05) is 32.6 Å². The highest BCUT2D eigenvalue weighted by atomic mass is 19.3. The minimum absolute atomic E-state index is 0.00757. The van der Waals surface area contributed by atoms with Gasteiger partial charge in [0.2, 0.25) is 0 Å². The maximum Gasteiger partial charge on any atom is 0.260 e. The van der Waals surface area contributed by atoms with Crippen molar-refractivity contribution in [3.63, 3.8) is 0 Å². The van der Waals surface area contributed by atoms with Gasteiger partial charge in [0, 0.05) is 42.4 Å². The summed E-state index contributed by atoms with van der Waals surface area (Å²) >= 11 is 0. The summed E-state index contributed by atoms with van der Waals surface area (Å²) in [5.74, 6) is 1.63. The van der Waals surface area contributed by atoms with Crippen molar-refractivity contribution < 1.29 is 23.0 Å². The van der Waals surface area contributed by atoms with Gasteiger partial charge in [-0.05, 0) is 62.6 Å². The summed E-state index contributed by atoms with van der Waals surface area (Å²) in [6, 6.07) is 11.6. The number of nitrogens with zero attached hydrogens (tertiary/aromatic N) is 3. The molecule has 3 aromatic rings. The van der Waals surface area contributed by atoms with E-state index in [2.05, 4.69) is 22.7 Å². The lowest BCUT2D eigenvalue weighted by atomic mass is 9.97. The van der Waals surface area contributed by atoms with Gasteiger partial charge in [-0.2, -0.15) is 5.10 Å². The number of piperazine rings is 1. The largest absolute Gasteiger partial charge is 0.493 e. The van der Waals surface area contributed by atoms with E-state index >= 15 is 0 Å². The first-order chi connectivity index (χ1) is 18.7. The first kappa shape index (κ1) is 26.9. The van der Waals surface area contributed by atoms with Crippen molar-refractivity contribution >= 4 is 11.7 Å². The quantitative estimate of drug-likeness (QED) is 0.456. The minimum Gasteiger partial charge on any atom is -0.493 e. The van der Waals surface area contributed by atoms with E-state index < -0.39 is 12.5 Å². The number of carbonyl (C=O) groups is 1. The SMILES string of the molecule is COc1ccc(C2CC(C(F)F)n3nc(-c4ccc(C(=O)N5C[C@H](C)NC[C@H]5C)cc4C)cc3N2)cc1OC. The van der Waals surface area contributed by atoms with Gasteiger partial charge in [-0.25, -0.2) is 13.5 Å². The Balaban J connectivity index is 1.43. The van der Waals surface area contributed by atoms with Crippen LogP contribution in [0.4, 0.5) is 14.6 Å². The Labute approximate surface area is 227 Å². The van der Waals surface area contributed by atoms with Crippen LogP contribution in [0.3, 0.4) is 0 Å². The van der Waals surface area contributed by atoms with E-state index in [1.807, 2.05) is 43.0 Å². The summed E-state index contributed by atoms with van der Waals surface area (Å²) in [6.45, 7) is 7.43. The summed E-state index contributed by atoms with van der Waals surface area (Å²) in [6.07, 6.45) is -2.43. The van der Waals surface area contributed by atoms with Crippen LogP contribution in [0.15, 0.2) is 42.5 Å². The number of benzene rings is 2. The number of ether oxygens (including phenoxy) is 2. The van der Waals surface area contributed by atoms with Crippen LogP contribution in [0, 0.1) is 6.92 Å². The lowest BCUT2D eigenvalue weighted by molar-refractivity contribution is 0.0615. The fourth-order valence-electron chi connectivity index (χ4n) is 5.52. The van der Waals surface area contributed by atoms with Crippen LogP contribution in [-0.2, 0) is 0 Å². The number of hydrogen-bond donors (Lipinski definition) is 2. The molecule has 10 heteroatoms. The predicted octanol–water partition coefficient (Wildman–Crippen LogP) is 5.06. The number of halogens is 2. The molecular weight excluding hydrogens is 504 g/mol. The molecule has 208 valence electrons. The molecule has 39 heavy (non-hydrogen) atoms. The molecule has 0 radical (unpaired) electrons. The monoisotopic (exact) mass is 539 g/mol. The van der Waals surface area contributed by atoms with E-state index in [9.17, 15) is 13.6 Å². The predicted molar refractivity (Wildman–Crippen MR) is 146 cm³/mol. The molecule has 2 unspecified atom stereocenters. The van der Waals surface area contributed by atoms with Gasteiger partial charge in [-0.1, -0.05) is 12.1 Å². The fourth-order valence-corrected chi connectivity index (χ4v) is 5.52. The van der Waals surface area contributed by atoms with Gasteiger partial charge in [0.05, 0.1) is 26.0 Å². The zero-order valence-corrected chi connectivity index (χ0v) is 22.9. The number of alkyl halides is 2. The van der Waals surface area contributed by atoms with Gasteiger partial charge in [0.25, 0.3) is 12.3 Å². The standard InChI is InChI=1S/C29H35F2N5O3/c1-16-10-20(29(37)35-15-17(2)32-14-18(35)3)6-8-21(16)23-13-27-33-22(12-24(28(30)31)36(27)34-23)19-7-9-25(38-4)26(11-19)39-5/h6-11,13,17-18,22,24,28,32-33H,12,14-15H2,1-5H3/t17-,18+,22?,24?/m0/s1. The molecule has 2 aromatic carbocycles. The van der Waals surface area contributed by atoms with E-state index in [-0.39, 0.29) is 30.5 Å². The molecule has 3 heterocycles. The van der Waals surface area contributed by atoms with Crippen molar-refractivity contribution in [2.45, 2.75) is 57.8 Å². The Morgan fingerprint density at radius 1 is 1.08 bits per heavy atom. The number of hydrogen-bond acceptors (Lipinski definition) is 6. The number of methoxy groups -OCH3 is 2. The second-order valence-corrected chi connectivity index (χ2v) is 10.5. The van der Waals surface area contributed by atoms with E-state index in [4.69, 9.17) is 9.47 Å². The van der Waals surface area contributed by atoms with Crippen molar-refractivity contribution in [1.29, 1.82) is 0 Å². The normalized spacial score (nSPS) is 22.8. The third-order valence-corrected chi connectivity index (χ3v) is 7.72. The van der Waals surface area contributed by atoms with Gasteiger partial charge in [0.15, 0.2) is 11.5 Å². The summed E-state index contributed by atoms with van der Waals surface area (Å²) in [7, 11) is 3.10. The number of nitrogens with one attached hydrogen (secondary N) is 2. The van der Waals surface area contributed by atoms with Crippen LogP contribution in [0.5, 0.6) is 11.5 Å². The number of fused-ring (bicyclic) bond motifs is 1. The third-order valence-electron chi connectivity index (χ3n) is 7.72. The molecule has 8 nitrogen and oxygen atoms in total. The molecule has 1 fully saturated rings. The highest BCUT2D eigenvalue weighted by molar-refractivity contribution is 5.95. The zero-order valence-electron chi connectivity index (χ0n) is 22.9. The van der Waals surface area contributed by atoms with E-state index in [0.29, 0.717) is 35.1 Å². The van der Waals surface area contributed by atoms with Crippen LogP contribution in [0.1, 0.15) is 53.8 Å². The van der Waals surface area contributed by atoms with Crippen LogP contribution in [-0.4, -0.2) is 66.4 Å². The van der Waals surface area contributed by atoms with Crippen molar-refractivity contribution in [2.24, 2.45) is 0 Å². The van der Waals surface area contributed by atoms with Crippen LogP contribution < -0.4 is 20.1 Å². The number of amides is 1. The van der Waals surface area contributed by atoms with Gasteiger partial charge in [0.1, 0.15) is 11.9 Å². The molecule has 0 saturated carbocycles. The number of anilines is 1. The second-order valence-electron chi connectivity index (χ2n) is 10.5. The molecule has 4 atom stereocenters. The van der Waals surface area contributed by atoms with Gasteiger partial charge in [-0.15, -0.1) is 0 Å². The smallest absolute Gasteiger partial charge is 0.260 e. The summed E-state index contributed by atoms with van der Waals surface area (Å²) in [5, 5.41) is 11.4. The molecule has 2 N–H and O–H groups in total. The lowest BCUT2D eigenvalue weighted by Crippen LogP contribution is -2.56. The second kappa shape index (κ2) is 10.8. The first-order valence-electron chi connectivity index (χ1n) is 13.2. The third kappa shape index (κ3) is 5.17. The van der Waals surface area contributed by atoms with Crippen molar-refractivity contribution in [3.8, 4) is 22.8 Å². The summed E-state index contributed by atoms with van der Waals surface area (Å²) < 4.78 is 40.6. The van der Waals surface area contributed by atoms with E-state index in [1.165, 1.54) is 4.68 Å². The number of carbonyl (C=O) groups excluding carboxylic acids is 1. The van der Waals surface area contributed by atoms with Crippen LogP contribution in [0.2, 0.25) is 0 Å². The Bertz CT molecular complexity index is 1360. The Morgan fingerprint density at radius 3 is 2.54 bits per heavy atom. The van der Waals surface area contributed by atoms with Crippen LogP contribution >= 0.6 is 0 Å². The van der Waals surface area contributed by atoms with Gasteiger partial charge < -0.3 is 25.0 Å². The number of aryl methyl sites for hydroxylation is 1. The fraction of sp³-hybridized carbons (Fsp3) is 0.448. The molecule has 0 aliphatic carbocycles. The molecule has 2 aliphatic heterocycles. The molecule has 2 aliphatic rings. The molecule has 0 bridgehead atoms. The van der Waals surface area contributed by atoms with E-state index in [0.717, 1.165) is 23.2 Å². The summed E-state index contributed by atoms with van der Waals surface area (Å²) in [4.78, 5) is 15.2. The molecule has 5 rings (SSSR count). The Morgan fingerprint density at radius 2 is 1.85 bits per heavy atom. The topological polar surface area (TPSA) is 80.7 Å².